The normalized spacial score (nSPS) is 11.6. The Hall–Kier alpha value is -8.01. The fourth-order valence-corrected chi connectivity index (χ4v) is 7.49. The van der Waals surface area contributed by atoms with Crippen LogP contribution < -0.4 is 14.7 Å². The van der Waals surface area contributed by atoms with E-state index in [9.17, 15) is 30.3 Å². The van der Waals surface area contributed by atoms with E-state index in [-0.39, 0.29) is 22.6 Å². The highest BCUT2D eigenvalue weighted by atomic mass is 16.6. The highest BCUT2D eigenvalue weighted by Gasteiger charge is 2.26. The van der Waals surface area contributed by atoms with Crippen molar-refractivity contribution in [1.82, 2.24) is 19.9 Å². The molecule has 4 aromatic heterocycles. The number of hydrogen-bond acceptors (Lipinski definition) is 10. The number of nitrogens with zero attached hydrogens (tertiary/aromatic N) is 7. The summed E-state index contributed by atoms with van der Waals surface area (Å²) in [5.74, 6) is 0. The van der Waals surface area contributed by atoms with E-state index in [1.807, 2.05) is 12.1 Å². The second-order valence-corrected chi connectivity index (χ2v) is 14.8. The summed E-state index contributed by atoms with van der Waals surface area (Å²) in [6.45, 7) is 0. The number of rotatable bonds is 9. The quantitative estimate of drug-likeness (QED) is 0.0934. The highest BCUT2D eigenvalue weighted by Crippen LogP contribution is 2.43. The lowest BCUT2D eigenvalue weighted by molar-refractivity contribution is -0.384. The number of benzene rings is 3. The fourth-order valence-electron chi connectivity index (χ4n) is 7.49. The molecule has 59 heavy (non-hydrogen) atoms. The molecule has 16 heteroatoms. The maximum absolute atomic E-state index is 12.8. The number of nitrogens with one attached hydrogen (secondary N) is 3. The summed E-state index contributed by atoms with van der Waals surface area (Å²) in [5, 5.41) is 38.3. The van der Waals surface area contributed by atoms with Gasteiger partial charge in [-0.3, -0.25) is 30.3 Å². The number of aromatic nitrogens is 4. The van der Waals surface area contributed by atoms with E-state index in [4.69, 9.17) is 4.98 Å². The number of aromatic amines is 3. The van der Waals surface area contributed by atoms with Crippen LogP contribution in [0.5, 0.6) is 0 Å². The zero-order valence-electron chi connectivity index (χ0n) is 32.9. The summed E-state index contributed by atoms with van der Waals surface area (Å²) < 4.78 is 0. The monoisotopic (exact) mass is 790 g/mol. The summed E-state index contributed by atoms with van der Waals surface area (Å²) in [6.07, 6.45) is 3.58. The first-order chi connectivity index (χ1) is 28.2. The average Bonchev–Trinajstić information content (AvgIpc) is 4.04. The molecule has 16 nitrogen and oxygen atoms in total. The molecule has 3 aromatic carbocycles. The van der Waals surface area contributed by atoms with Gasteiger partial charge in [0.2, 0.25) is 0 Å². The predicted octanol–water partition coefficient (Wildman–Crippen LogP) is 9.62. The molecule has 3 N–H and O–H groups in total. The van der Waals surface area contributed by atoms with Gasteiger partial charge in [-0.15, -0.1) is 0 Å². The Morgan fingerprint density at radius 2 is 0.729 bits per heavy atom. The van der Waals surface area contributed by atoms with E-state index >= 15 is 0 Å². The van der Waals surface area contributed by atoms with Crippen LogP contribution in [0.4, 0.5) is 34.1 Å². The van der Waals surface area contributed by atoms with Crippen molar-refractivity contribution >= 4 is 79.4 Å². The minimum absolute atomic E-state index is 0.126. The fraction of sp³-hybridized carbons (Fsp3) is 0.140. The van der Waals surface area contributed by atoms with Crippen molar-refractivity contribution in [3.05, 3.63) is 133 Å². The molecule has 1 aliphatic heterocycles. The van der Waals surface area contributed by atoms with Gasteiger partial charge in [-0.2, -0.15) is 0 Å². The van der Waals surface area contributed by atoms with Crippen molar-refractivity contribution in [2.24, 2.45) is 0 Å². The third-order valence-corrected chi connectivity index (χ3v) is 10.5. The average molecular weight is 791 g/mol. The first-order valence-corrected chi connectivity index (χ1v) is 18.4. The van der Waals surface area contributed by atoms with E-state index in [1.54, 1.807) is 130 Å². The van der Waals surface area contributed by atoms with Crippen molar-refractivity contribution in [3.8, 4) is 33.4 Å². The molecule has 0 radical (unpaired) electrons. The van der Waals surface area contributed by atoms with Crippen molar-refractivity contribution < 1.29 is 14.8 Å². The van der Waals surface area contributed by atoms with Crippen LogP contribution in [0.15, 0.2) is 91.0 Å². The van der Waals surface area contributed by atoms with Crippen LogP contribution in [0, 0.1) is 30.3 Å². The van der Waals surface area contributed by atoms with Gasteiger partial charge in [-0.05, 0) is 84.9 Å². The number of nitro benzene ring substituents is 3. The molecule has 0 aliphatic carbocycles. The van der Waals surface area contributed by atoms with Crippen LogP contribution in [0.1, 0.15) is 11.4 Å². The highest BCUT2D eigenvalue weighted by molar-refractivity contribution is 6.03. The number of H-pyrrole nitrogens is 3. The summed E-state index contributed by atoms with van der Waals surface area (Å²) in [4.78, 5) is 57.7. The smallest absolute Gasteiger partial charge is 0.279 e. The molecule has 0 amide bonds. The molecule has 8 rings (SSSR count). The van der Waals surface area contributed by atoms with E-state index in [1.165, 1.54) is 18.2 Å². The molecular weight excluding hydrogens is 753 g/mol. The standard InChI is InChI=1S/C43H38N10O6/c1-48(2)24-7-10-27(38(21-24)51(54)55)41-32-15-13-30(44-32)31-14-16-33(45-31)42(28-11-8-25(49(3)4)22-39(28)52(56)57)35-18-20-37(47-35)43(36-19-17-34(41)46-36)29-12-9-26(50(5)6)23-40(29)53(58)59/h7-23,44,46-47H,1-6H3. The molecule has 0 spiro atoms. The molecule has 5 heterocycles. The molecule has 7 aromatic rings. The lowest BCUT2D eigenvalue weighted by Crippen LogP contribution is -2.09. The van der Waals surface area contributed by atoms with Crippen molar-refractivity contribution in [1.29, 1.82) is 0 Å². The largest absolute Gasteiger partial charge is 0.377 e. The van der Waals surface area contributed by atoms with Crippen LogP contribution in [0.3, 0.4) is 0 Å². The van der Waals surface area contributed by atoms with Gasteiger partial charge in [0.1, 0.15) is 0 Å². The third-order valence-electron chi connectivity index (χ3n) is 10.5. The molecule has 0 saturated carbocycles. The van der Waals surface area contributed by atoms with Crippen LogP contribution in [0.25, 0.3) is 78.6 Å². The Morgan fingerprint density at radius 3 is 1.08 bits per heavy atom. The zero-order chi connectivity index (χ0) is 41.9. The first-order valence-electron chi connectivity index (χ1n) is 18.4. The van der Waals surface area contributed by atoms with Gasteiger partial charge >= 0.3 is 0 Å². The van der Waals surface area contributed by atoms with E-state index < -0.39 is 14.8 Å². The molecule has 0 fully saturated rings. The van der Waals surface area contributed by atoms with Crippen LogP contribution in [0.2, 0.25) is 0 Å². The van der Waals surface area contributed by atoms with Gasteiger partial charge in [-0.25, -0.2) is 4.98 Å². The molecule has 0 atom stereocenters. The Bertz CT molecular complexity index is 3050. The Balaban J connectivity index is 1.57. The molecule has 0 saturated heterocycles. The number of nitro groups is 3. The van der Waals surface area contributed by atoms with Crippen LogP contribution >= 0.6 is 0 Å². The van der Waals surface area contributed by atoms with Gasteiger partial charge in [0.25, 0.3) is 17.1 Å². The van der Waals surface area contributed by atoms with E-state index in [0.29, 0.717) is 89.4 Å². The summed E-state index contributed by atoms with van der Waals surface area (Å²) in [5.41, 5.74) is 7.76. The van der Waals surface area contributed by atoms with Crippen LogP contribution in [-0.2, 0) is 0 Å². The first kappa shape index (κ1) is 37.9. The Kier molecular flexibility index (Phi) is 9.31. The van der Waals surface area contributed by atoms with Gasteiger partial charge in [0, 0.05) is 122 Å². The maximum atomic E-state index is 12.8. The Labute approximate surface area is 336 Å². The molecular formula is C43H38N10O6. The topological polar surface area (TPSA) is 199 Å². The predicted molar refractivity (Wildman–Crippen MR) is 234 cm³/mol. The third kappa shape index (κ3) is 6.71. The van der Waals surface area contributed by atoms with Gasteiger partial charge in [0.15, 0.2) is 0 Å². The minimum Gasteiger partial charge on any atom is -0.377 e. The van der Waals surface area contributed by atoms with Gasteiger partial charge < -0.3 is 29.7 Å². The zero-order valence-corrected chi connectivity index (χ0v) is 32.9. The number of anilines is 3. The summed E-state index contributed by atoms with van der Waals surface area (Å²) in [6, 6.07) is 25.8. The second-order valence-electron chi connectivity index (χ2n) is 14.8. The molecule has 8 bridgehead atoms. The van der Waals surface area contributed by atoms with Crippen molar-refractivity contribution in [2.75, 3.05) is 57.0 Å². The minimum atomic E-state index is -0.436. The van der Waals surface area contributed by atoms with Crippen LogP contribution in [-0.4, -0.2) is 77.0 Å². The van der Waals surface area contributed by atoms with Crippen molar-refractivity contribution in [2.45, 2.75) is 0 Å². The summed E-state index contributed by atoms with van der Waals surface area (Å²) in [7, 11) is 10.8. The van der Waals surface area contributed by atoms with E-state index in [0.717, 1.165) is 0 Å². The van der Waals surface area contributed by atoms with Crippen molar-refractivity contribution in [3.63, 3.8) is 0 Å². The number of fused-ring (bicyclic) bond motifs is 9. The molecule has 296 valence electrons. The lowest BCUT2D eigenvalue weighted by atomic mass is 10.0. The van der Waals surface area contributed by atoms with Gasteiger partial charge in [-0.1, -0.05) is 0 Å². The Morgan fingerprint density at radius 1 is 0.424 bits per heavy atom. The molecule has 1 aliphatic rings. The van der Waals surface area contributed by atoms with Gasteiger partial charge in [0.05, 0.1) is 48.4 Å². The summed E-state index contributed by atoms with van der Waals surface area (Å²) >= 11 is 0. The molecule has 0 unspecified atom stereocenters. The SMILES string of the molecule is CN(C)c1ccc(-c2c3nc(c4ccc([nH]4)c(-c4ccc(N(C)C)cc4[N+](=O)[O-])c4ccc([nH]4)c(-c4ccc(N(C)C)cc4[N+](=O)[O-])c4ccc2[nH]4)C=C3)c([N+](=O)[O-])c1. The number of hydrogen-bond donors (Lipinski definition) is 3. The second kappa shape index (κ2) is 14.5. The maximum Gasteiger partial charge on any atom is 0.279 e. The van der Waals surface area contributed by atoms with E-state index in [2.05, 4.69) is 15.0 Å². The lowest BCUT2D eigenvalue weighted by Gasteiger charge is -2.14.